The van der Waals surface area contributed by atoms with E-state index in [1.54, 1.807) is 6.20 Å². The predicted molar refractivity (Wildman–Crippen MR) is 126 cm³/mol. The van der Waals surface area contributed by atoms with Gasteiger partial charge in [0.2, 0.25) is 0 Å². The van der Waals surface area contributed by atoms with E-state index in [9.17, 15) is 13.2 Å². The third kappa shape index (κ3) is 3.73. The van der Waals surface area contributed by atoms with Crippen molar-refractivity contribution >= 4 is 11.5 Å². The summed E-state index contributed by atoms with van der Waals surface area (Å²) in [5.74, 6) is 1.90. The third-order valence-electron chi connectivity index (χ3n) is 8.13. The van der Waals surface area contributed by atoms with Gasteiger partial charge in [-0.15, -0.1) is 0 Å². The molecule has 7 rings (SSSR count). The molecular weight excluding hydrogens is 469 g/mol. The highest BCUT2D eigenvalue weighted by Gasteiger charge is 2.62. The number of pyridine rings is 1. The Hall–Kier alpha value is -3.47. The Balaban J connectivity index is 1.17. The van der Waals surface area contributed by atoms with Crippen molar-refractivity contribution in [3.8, 4) is 11.5 Å². The van der Waals surface area contributed by atoms with E-state index in [0.717, 1.165) is 55.7 Å². The van der Waals surface area contributed by atoms with Gasteiger partial charge in [-0.1, -0.05) is 0 Å². The molecule has 1 aliphatic heterocycles. The summed E-state index contributed by atoms with van der Waals surface area (Å²) in [7, 11) is 0. The highest BCUT2D eigenvalue weighted by atomic mass is 19.4. The number of nitrogens with zero attached hydrogens (tertiary/aromatic N) is 7. The van der Waals surface area contributed by atoms with E-state index in [0.29, 0.717) is 22.6 Å². The van der Waals surface area contributed by atoms with Crippen LogP contribution in [0.1, 0.15) is 36.4 Å². The van der Waals surface area contributed by atoms with Crippen molar-refractivity contribution < 1.29 is 13.2 Å². The minimum absolute atomic E-state index is 0.192. The molecule has 0 radical (unpaired) electrons. The van der Waals surface area contributed by atoms with Crippen molar-refractivity contribution in [1.82, 2.24) is 34.4 Å². The Morgan fingerprint density at radius 3 is 2.72 bits per heavy atom. The van der Waals surface area contributed by atoms with E-state index in [2.05, 4.69) is 30.0 Å². The summed E-state index contributed by atoms with van der Waals surface area (Å²) in [5, 5.41) is 7.13. The van der Waals surface area contributed by atoms with Crippen LogP contribution in [0.25, 0.3) is 17.2 Å². The Bertz CT molecular complexity index is 1410. The number of rotatable bonds is 5. The lowest BCUT2D eigenvalue weighted by Gasteiger charge is -2.42. The minimum atomic E-state index is -4.44. The molecule has 36 heavy (non-hydrogen) atoms. The van der Waals surface area contributed by atoms with Gasteiger partial charge in [0.25, 0.3) is 0 Å². The van der Waals surface area contributed by atoms with E-state index >= 15 is 0 Å². The zero-order chi connectivity index (χ0) is 24.5. The summed E-state index contributed by atoms with van der Waals surface area (Å²) in [6.07, 6.45) is 7.75. The highest BCUT2D eigenvalue weighted by molar-refractivity contribution is 5.59. The topological polar surface area (TPSA) is 78.2 Å². The van der Waals surface area contributed by atoms with Gasteiger partial charge < -0.3 is 4.90 Å². The lowest BCUT2D eigenvalue weighted by Crippen LogP contribution is -2.49. The zero-order valence-electron chi connectivity index (χ0n) is 19.5. The lowest BCUT2D eigenvalue weighted by atomic mass is 10.0. The number of piperazine rings is 1. The fraction of sp³-hybridized carbons (Fsp3) is 0.440. The summed E-state index contributed by atoms with van der Waals surface area (Å²) in [6, 6.07) is 4.44. The number of aromatic amines is 1. The predicted octanol–water partition coefficient (Wildman–Crippen LogP) is 4.20. The number of imidazole rings is 1. The second-order valence-corrected chi connectivity index (χ2v) is 10.3. The van der Waals surface area contributed by atoms with Crippen LogP contribution in [0.4, 0.5) is 19.0 Å². The first kappa shape index (κ1) is 21.8. The van der Waals surface area contributed by atoms with Crippen LogP contribution in [0.5, 0.6) is 0 Å². The molecule has 3 aliphatic rings. The number of aromatic nitrogens is 6. The fourth-order valence-electron chi connectivity index (χ4n) is 5.71. The molecule has 2 aliphatic carbocycles. The second-order valence-electron chi connectivity index (χ2n) is 10.3. The molecule has 0 amide bonds. The lowest BCUT2D eigenvalue weighted by molar-refractivity contribution is -0.137. The molecule has 2 unspecified atom stereocenters. The number of fused-ring (bicyclic) bond motifs is 1. The number of nitrogens with one attached hydrogen (secondary N) is 1. The smallest absolute Gasteiger partial charge is 0.353 e. The molecule has 5 heterocycles. The van der Waals surface area contributed by atoms with Gasteiger partial charge in [0.05, 0.1) is 24.0 Å². The molecule has 2 saturated carbocycles. The monoisotopic (exact) mass is 494 g/mol. The van der Waals surface area contributed by atoms with Gasteiger partial charge in [0.1, 0.15) is 17.2 Å². The second kappa shape index (κ2) is 7.76. The molecule has 2 atom stereocenters. The molecule has 4 aromatic rings. The zero-order valence-corrected chi connectivity index (χ0v) is 19.5. The molecule has 4 aromatic heterocycles. The highest BCUT2D eigenvalue weighted by Crippen LogP contribution is 2.70. The van der Waals surface area contributed by atoms with Gasteiger partial charge in [0, 0.05) is 50.3 Å². The molecule has 11 heteroatoms. The normalized spacial score (nSPS) is 23.5. The number of H-pyrrole nitrogens is 1. The van der Waals surface area contributed by atoms with E-state index < -0.39 is 11.7 Å². The summed E-state index contributed by atoms with van der Waals surface area (Å²) in [4.78, 5) is 18.2. The van der Waals surface area contributed by atoms with Crippen LogP contribution in [-0.2, 0) is 6.18 Å². The molecule has 3 fully saturated rings. The number of alkyl halides is 3. The minimum Gasteiger partial charge on any atom is -0.353 e. The molecule has 186 valence electrons. The van der Waals surface area contributed by atoms with Crippen molar-refractivity contribution in [3.63, 3.8) is 0 Å². The Morgan fingerprint density at radius 1 is 1.08 bits per heavy atom. The van der Waals surface area contributed by atoms with E-state index in [4.69, 9.17) is 4.98 Å². The maximum atomic E-state index is 13.3. The van der Waals surface area contributed by atoms with Gasteiger partial charge in [-0.25, -0.2) is 15.0 Å². The van der Waals surface area contributed by atoms with Crippen LogP contribution in [0, 0.1) is 11.3 Å². The molecular formula is C25H25F3N8. The molecule has 1 spiro atoms. The van der Waals surface area contributed by atoms with Crippen LogP contribution in [0.3, 0.4) is 0 Å². The Kier molecular flexibility index (Phi) is 4.70. The molecule has 8 nitrogen and oxygen atoms in total. The van der Waals surface area contributed by atoms with Crippen molar-refractivity contribution in [2.24, 2.45) is 11.3 Å². The fourth-order valence-corrected chi connectivity index (χ4v) is 5.71. The Labute approximate surface area is 205 Å². The van der Waals surface area contributed by atoms with Crippen LogP contribution in [-0.4, -0.2) is 60.6 Å². The number of hydrogen-bond acceptors (Lipinski definition) is 6. The van der Waals surface area contributed by atoms with Gasteiger partial charge in [0.15, 0.2) is 5.82 Å². The number of anilines is 1. The van der Waals surface area contributed by atoms with E-state index in [-0.39, 0.29) is 6.04 Å². The SMILES string of the molecule is FC(F)(F)c1ccc2ncc(-c3nccc(N4CCN(CC5CC56CC6)C(c5cn[nH]c5)C4)n3)n2c1. The van der Waals surface area contributed by atoms with Crippen LogP contribution in [0.15, 0.2) is 49.2 Å². The van der Waals surface area contributed by atoms with Gasteiger partial charge in [-0.2, -0.15) is 18.3 Å². The summed E-state index contributed by atoms with van der Waals surface area (Å²) in [5.41, 5.74) is 1.90. The first-order chi connectivity index (χ1) is 17.4. The quantitative estimate of drug-likeness (QED) is 0.448. The Morgan fingerprint density at radius 2 is 1.97 bits per heavy atom. The van der Waals surface area contributed by atoms with E-state index in [1.165, 1.54) is 35.9 Å². The van der Waals surface area contributed by atoms with Crippen molar-refractivity contribution in [2.75, 3.05) is 31.1 Å². The molecule has 0 bridgehead atoms. The maximum Gasteiger partial charge on any atom is 0.417 e. The third-order valence-corrected chi connectivity index (χ3v) is 8.13. The standard InChI is InChI=1S/C25H25F3N8/c26-25(27,28)17-1-2-21-30-12-19(36(21)14-17)23-29-6-3-22(33-23)35-8-7-34(13-18-9-24(18)4-5-24)20(15-35)16-10-31-32-11-16/h1-3,6,10-12,14,18,20H,4-5,7-9,13,15H2,(H,31,32). The average molecular weight is 495 g/mol. The molecule has 1 saturated heterocycles. The van der Waals surface area contributed by atoms with Gasteiger partial charge >= 0.3 is 6.18 Å². The molecule has 0 aromatic carbocycles. The van der Waals surface area contributed by atoms with Crippen molar-refractivity contribution in [1.29, 1.82) is 0 Å². The van der Waals surface area contributed by atoms with Crippen molar-refractivity contribution in [2.45, 2.75) is 31.5 Å². The largest absolute Gasteiger partial charge is 0.417 e. The summed E-state index contributed by atoms with van der Waals surface area (Å²) < 4.78 is 41.3. The number of halogens is 3. The number of hydrogen-bond donors (Lipinski definition) is 1. The van der Waals surface area contributed by atoms with E-state index in [1.807, 2.05) is 18.5 Å². The van der Waals surface area contributed by atoms with Crippen molar-refractivity contribution in [3.05, 3.63) is 60.3 Å². The van der Waals surface area contributed by atoms with Crippen LogP contribution in [0.2, 0.25) is 0 Å². The van der Waals surface area contributed by atoms with Crippen LogP contribution >= 0.6 is 0 Å². The maximum absolute atomic E-state index is 13.3. The average Bonchev–Trinajstić information content (AvgIpc) is 3.61. The molecule has 1 N–H and O–H groups in total. The van der Waals surface area contributed by atoms with Gasteiger partial charge in [-0.3, -0.25) is 14.4 Å². The summed E-state index contributed by atoms with van der Waals surface area (Å²) >= 11 is 0. The summed E-state index contributed by atoms with van der Waals surface area (Å²) in [6.45, 7) is 3.59. The first-order valence-electron chi connectivity index (χ1n) is 12.3. The first-order valence-corrected chi connectivity index (χ1v) is 12.3. The van der Waals surface area contributed by atoms with Gasteiger partial charge in [-0.05, 0) is 48.8 Å². The van der Waals surface area contributed by atoms with Crippen LogP contribution < -0.4 is 4.90 Å².